The molecule has 0 saturated heterocycles. The van der Waals surface area contributed by atoms with Gasteiger partial charge >= 0.3 is 0 Å². The summed E-state index contributed by atoms with van der Waals surface area (Å²) < 4.78 is 0. The van der Waals surface area contributed by atoms with Gasteiger partial charge in [-0.25, -0.2) is 0 Å². The topological polar surface area (TPSA) is 46.3 Å². The second kappa shape index (κ2) is 9.19. The molecule has 0 heterocycles. The van der Waals surface area contributed by atoms with Crippen molar-refractivity contribution in [2.24, 2.45) is 5.73 Å². The summed E-state index contributed by atoms with van der Waals surface area (Å²) in [5, 5.41) is 0. The Balaban J connectivity index is 4.04. The number of nitrogens with two attached hydrogens (primary N) is 1. The van der Waals surface area contributed by atoms with Gasteiger partial charge in [-0.3, -0.25) is 4.79 Å². The zero-order valence-corrected chi connectivity index (χ0v) is 12.4. The molecule has 0 rings (SSSR count). The van der Waals surface area contributed by atoms with Gasteiger partial charge in [0.25, 0.3) is 0 Å². The molecule has 2 N–H and O–H groups in total. The summed E-state index contributed by atoms with van der Waals surface area (Å²) in [5.41, 5.74) is 5.86. The minimum absolute atomic E-state index is 0.0719. The maximum absolute atomic E-state index is 11.9. The average Bonchev–Trinajstić information content (AvgIpc) is 2.30. The van der Waals surface area contributed by atoms with Crippen LogP contribution in [0.25, 0.3) is 0 Å². The molecule has 96 valence electrons. The van der Waals surface area contributed by atoms with Crippen LogP contribution in [-0.4, -0.2) is 54.0 Å². The van der Waals surface area contributed by atoms with Gasteiger partial charge in [0.15, 0.2) is 0 Å². The highest BCUT2D eigenvalue weighted by molar-refractivity contribution is 7.98. The fraction of sp³-hybridized carbons (Fsp3) is 0.909. The molecule has 0 fully saturated rings. The Hall–Kier alpha value is 0.130. The number of hydrogen-bond acceptors (Lipinski definition) is 4. The van der Waals surface area contributed by atoms with Crippen LogP contribution in [-0.2, 0) is 4.79 Å². The summed E-state index contributed by atoms with van der Waals surface area (Å²) in [7, 11) is 1.85. The first-order chi connectivity index (χ1) is 7.54. The highest BCUT2D eigenvalue weighted by Crippen LogP contribution is 2.09. The Morgan fingerprint density at radius 1 is 1.25 bits per heavy atom. The van der Waals surface area contributed by atoms with Crippen LogP contribution in [0.2, 0.25) is 0 Å². The summed E-state index contributed by atoms with van der Waals surface area (Å²) in [6.45, 7) is 2.08. The SMILES string of the molecule is CSCCC(C)N(C)C(=O)[C@H](N)CCSC. The average molecular weight is 264 g/mol. The van der Waals surface area contributed by atoms with E-state index in [1.165, 1.54) is 0 Å². The standard InChI is InChI=1S/C11H24N2OS2/c1-9(5-7-15-3)13(2)11(14)10(12)6-8-16-4/h9-10H,5-8,12H2,1-4H3/t9?,10-/m1/s1. The van der Waals surface area contributed by atoms with Crippen LogP contribution in [0.15, 0.2) is 0 Å². The molecule has 16 heavy (non-hydrogen) atoms. The summed E-state index contributed by atoms with van der Waals surface area (Å²) >= 11 is 3.54. The highest BCUT2D eigenvalue weighted by atomic mass is 32.2. The van der Waals surface area contributed by atoms with Crippen LogP contribution < -0.4 is 5.73 Å². The highest BCUT2D eigenvalue weighted by Gasteiger charge is 2.21. The van der Waals surface area contributed by atoms with Crippen molar-refractivity contribution < 1.29 is 4.79 Å². The van der Waals surface area contributed by atoms with E-state index in [4.69, 9.17) is 5.73 Å². The zero-order valence-electron chi connectivity index (χ0n) is 10.7. The maximum Gasteiger partial charge on any atom is 0.239 e. The molecule has 0 spiro atoms. The van der Waals surface area contributed by atoms with E-state index < -0.39 is 0 Å². The summed E-state index contributed by atoms with van der Waals surface area (Å²) in [5.74, 6) is 2.10. The second-order valence-electron chi connectivity index (χ2n) is 3.97. The van der Waals surface area contributed by atoms with Crippen molar-refractivity contribution >= 4 is 29.4 Å². The van der Waals surface area contributed by atoms with Crippen molar-refractivity contribution in [2.75, 3.05) is 31.1 Å². The van der Waals surface area contributed by atoms with E-state index in [1.807, 2.05) is 25.1 Å². The molecular formula is C11H24N2OS2. The lowest BCUT2D eigenvalue weighted by Gasteiger charge is -2.27. The molecule has 0 aliphatic carbocycles. The molecule has 0 bridgehead atoms. The predicted octanol–water partition coefficient (Wildman–Crippen LogP) is 1.67. The van der Waals surface area contributed by atoms with Crippen LogP contribution in [0.3, 0.4) is 0 Å². The first kappa shape index (κ1) is 16.1. The second-order valence-corrected chi connectivity index (χ2v) is 5.94. The van der Waals surface area contributed by atoms with E-state index in [1.54, 1.807) is 16.7 Å². The van der Waals surface area contributed by atoms with Crippen molar-refractivity contribution in [1.29, 1.82) is 0 Å². The van der Waals surface area contributed by atoms with Gasteiger partial charge < -0.3 is 10.6 Å². The fourth-order valence-electron chi connectivity index (χ4n) is 1.33. The minimum Gasteiger partial charge on any atom is -0.342 e. The molecule has 0 radical (unpaired) electrons. The van der Waals surface area contributed by atoms with Gasteiger partial charge in [-0.15, -0.1) is 0 Å². The third kappa shape index (κ3) is 6.01. The third-order valence-corrected chi connectivity index (χ3v) is 3.99. The number of carbonyl (C=O) groups excluding carboxylic acids is 1. The molecule has 3 nitrogen and oxygen atoms in total. The van der Waals surface area contributed by atoms with Crippen LogP contribution >= 0.6 is 23.5 Å². The normalized spacial score (nSPS) is 14.6. The molecule has 2 atom stereocenters. The number of rotatable bonds is 8. The number of thioether (sulfide) groups is 2. The first-order valence-electron chi connectivity index (χ1n) is 5.54. The lowest BCUT2D eigenvalue weighted by atomic mass is 10.1. The molecule has 0 aromatic rings. The summed E-state index contributed by atoms with van der Waals surface area (Å²) in [4.78, 5) is 13.7. The smallest absolute Gasteiger partial charge is 0.239 e. The van der Waals surface area contributed by atoms with E-state index in [-0.39, 0.29) is 18.0 Å². The molecule has 0 aromatic heterocycles. The van der Waals surface area contributed by atoms with Gasteiger partial charge in [-0.05, 0) is 43.8 Å². The monoisotopic (exact) mass is 264 g/mol. The van der Waals surface area contributed by atoms with Gasteiger partial charge in [0, 0.05) is 13.1 Å². The molecule has 5 heteroatoms. The molecular weight excluding hydrogens is 240 g/mol. The lowest BCUT2D eigenvalue weighted by Crippen LogP contribution is -2.46. The van der Waals surface area contributed by atoms with Gasteiger partial charge in [0.05, 0.1) is 6.04 Å². The van der Waals surface area contributed by atoms with Gasteiger partial charge in [0.2, 0.25) is 5.91 Å². The maximum atomic E-state index is 11.9. The molecule has 1 unspecified atom stereocenters. The van der Waals surface area contributed by atoms with Crippen molar-refractivity contribution in [1.82, 2.24) is 4.90 Å². The third-order valence-electron chi connectivity index (χ3n) is 2.70. The lowest BCUT2D eigenvalue weighted by molar-refractivity contribution is -0.133. The van der Waals surface area contributed by atoms with Crippen LogP contribution in [0.4, 0.5) is 0 Å². The first-order valence-corrected chi connectivity index (χ1v) is 8.33. The van der Waals surface area contributed by atoms with Gasteiger partial charge in [0.1, 0.15) is 0 Å². The number of hydrogen-bond donors (Lipinski definition) is 1. The Labute approximate surface area is 108 Å². The quantitative estimate of drug-likeness (QED) is 0.724. The van der Waals surface area contributed by atoms with Gasteiger partial charge in [-0.2, -0.15) is 23.5 Å². The van der Waals surface area contributed by atoms with Crippen molar-refractivity contribution in [2.45, 2.75) is 31.8 Å². The Kier molecular flexibility index (Phi) is 9.26. The molecule has 0 aliphatic rings. The number of amides is 1. The number of nitrogens with zero attached hydrogens (tertiary/aromatic N) is 1. The van der Waals surface area contributed by atoms with Gasteiger partial charge in [-0.1, -0.05) is 0 Å². The molecule has 0 aromatic carbocycles. The van der Waals surface area contributed by atoms with E-state index in [0.717, 1.165) is 24.3 Å². The Morgan fingerprint density at radius 3 is 2.25 bits per heavy atom. The summed E-state index contributed by atoms with van der Waals surface area (Å²) in [6.07, 6.45) is 5.90. The van der Waals surface area contributed by atoms with E-state index >= 15 is 0 Å². The number of carbonyl (C=O) groups is 1. The molecule has 0 saturated carbocycles. The minimum atomic E-state index is -0.339. The largest absolute Gasteiger partial charge is 0.342 e. The predicted molar refractivity (Wildman–Crippen MR) is 76.2 cm³/mol. The van der Waals surface area contributed by atoms with Crippen molar-refractivity contribution in [3.63, 3.8) is 0 Å². The fourth-order valence-corrected chi connectivity index (χ4v) is 2.40. The Morgan fingerprint density at radius 2 is 1.75 bits per heavy atom. The molecule has 1 amide bonds. The summed E-state index contributed by atoms with van der Waals surface area (Å²) in [6, 6.07) is -0.0607. The van der Waals surface area contributed by atoms with E-state index in [9.17, 15) is 4.79 Å². The van der Waals surface area contributed by atoms with E-state index in [0.29, 0.717) is 0 Å². The van der Waals surface area contributed by atoms with Crippen LogP contribution in [0, 0.1) is 0 Å². The van der Waals surface area contributed by atoms with Crippen LogP contribution in [0.1, 0.15) is 19.8 Å². The zero-order chi connectivity index (χ0) is 12.6. The van der Waals surface area contributed by atoms with Crippen molar-refractivity contribution in [3.05, 3.63) is 0 Å². The van der Waals surface area contributed by atoms with E-state index in [2.05, 4.69) is 13.2 Å². The molecule has 0 aliphatic heterocycles. The van der Waals surface area contributed by atoms with Crippen molar-refractivity contribution in [3.8, 4) is 0 Å². The van der Waals surface area contributed by atoms with Crippen LogP contribution in [0.5, 0.6) is 0 Å². The number of likely N-dealkylation sites (N-methyl/N-ethyl adjacent to an activating group) is 1. The Bertz CT molecular complexity index is 202.